The third kappa shape index (κ3) is 3.25. The fraction of sp³-hybridized carbons (Fsp3) is 0.286. The van der Waals surface area contributed by atoms with E-state index in [-0.39, 0.29) is 17.8 Å². The van der Waals surface area contributed by atoms with Gasteiger partial charge in [0.15, 0.2) is 5.69 Å². The first-order valence-corrected chi connectivity index (χ1v) is 6.34. The van der Waals surface area contributed by atoms with E-state index >= 15 is 0 Å². The third-order valence-corrected chi connectivity index (χ3v) is 3.22. The number of rotatable bonds is 5. The summed E-state index contributed by atoms with van der Waals surface area (Å²) in [6.07, 6.45) is 1.38. The highest BCUT2D eigenvalue weighted by atomic mass is 16.6. The van der Waals surface area contributed by atoms with Crippen molar-refractivity contribution < 1.29 is 14.8 Å². The lowest BCUT2D eigenvalue weighted by atomic mass is 9.95. The van der Waals surface area contributed by atoms with Crippen LogP contribution < -0.4 is 0 Å². The van der Waals surface area contributed by atoms with Gasteiger partial charge in [0.05, 0.1) is 4.92 Å². The van der Waals surface area contributed by atoms with Crippen molar-refractivity contribution in [3.8, 4) is 0 Å². The monoisotopic (exact) mass is 289 g/mol. The highest BCUT2D eigenvalue weighted by molar-refractivity contribution is 5.77. The average Bonchev–Trinajstić information content (AvgIpc) is 2.79. The molecule has 0 aliphatic rings. The molecule has 2 aromatic rings. The van der Waals surface area contributed by atoms with E-state index in [4.69, 9.17) is 0 Å². The van der Waals surface area contributed by atoms with Crippen LogP contribution in [-0.2, 0) is 18.3 Å². The first-order chi connectivity index (χ1) is 9.88. The highest BCUT2D eigenvalue weighted by Gasteiger charge is 2.31. The van der Waals surface area contributed by atoms with E-state index in [1.807, 2.05) is 31.2 Å². The minimum atomic E-state index is -1.13. The molecule has 0 radical (unpaired) electrons. The molecule has 0 fully saturated rings. The number of nitro groups is 1. The summed E-state index contributed by atoms with van der Waals surface area (Å²) in [6, 6.07) is 7.39. The fourth-order valence-corrected chi connectivity index (χ4v) is 2.14. The molecule has 1 aromatic carbocycles. The molecule has 7 heteroatoms. The normalized spacial score (nSPS) is 12.1. The molecule has 1 heterocycles. The molecule has 2 rings (SSSR count). The van der Waals surface area contributed by atoms with Gasteiger partial charge in [0.25, 0.3) is 0 Å². The maximum atomic E-state index is 11.5. The summed E-state index contributed by atoms with van der Waals surface area (Å²) in [5.74, 6) is -2.17. The van der Waals surface area contributed by atoms with Crippen LogP contribution in [-0.4, -0.2) is 25.8 Å². The smallest absolute Gasteiger partial charge is 0.313 e. The van der Waals surface area contributed by atoms with Crippen LogP contribution >= 0.6 is 0 Å². The van der Waals surface area contributed by atoms with Crippen LogP contribution in [0.3, 0.4) is 0 Å². The molecule has 0 amide bonds. The number of aryl methyl sites for hydroxylation is 2. The first-order valence-electron chi connectivity index (χ1n) is 6.34. The van der Waals surface area contributed by atoms with Gasteiger partial charge >= 0.3 is 11.7 Å². The molecule has 0 saturated heterocycles. The zero-order valence-corrected chi connectivity index (χ0v) is 11.7. The molecule has 1 atom stereocenters. The Kier molecular flexibility index (Phi) is 4.02. The van der Waals surface area contributed by atoms with Gasteiger partial charge in [-0.2, -0.15) is 5.10 Å². The topological polar surface area (TPSA) is 98.3 Å². The van der Waals surface area contributed by atoms with Crippen molar-refractivity contribution in [3.63, 3.8) is 0 Å². The summed E-state index contributed by atoms with van der Waals surface area (Å²) in [6.45, 7) is 1.93. The number of carbonyl (C=O) groups is 1. The molecule has 1 unspecified atom stereocenters. The Morgan fingerprint density at radius 2 is 2.05 bits per heavy atom. The maximum absolute atomic E-state index is 11.5. The van der Waals surface area contributed by atoms with Crippen molar-refractivity contribution in [3.05, 3.63) is 57.4 Å². The quantitative estimate of drug-likeness (QED) is 0.671. The van der Waals surface area contributed by atoms with Crippen molar-refractivity contribution in [2.24, 2.45) is 7.05 Å². The molecule has 7 nitrogen and oxygen atoms in total. The van der Waals surface area contributed by atoms with Crippen molar-refractivity contribution in [2.75, 3.05) is 0 Å². The molecule has 0 aliphatic heterocycles. The lowest BCUT2D eigenvalue weighted by Crippen LogP contribution is -2.16. The van der Waals surface area contributed by atoms with Gasteiger partial charge in [-0.25, -0.2) is 0 Å². The number of benzene rings is 1. The van der Waals surface area contributed by atoms with Gasteiger partial charge in [-0.1, -0.05) is 29.8 Å². The summed E-state index contributed by atoms with van der Waals surface area (Å²) < 4.78 is 1.26. The van der Waals surface area contributed by atoms with E-state index in [0.29, 0.717) is 0 Å². The Morgan fingerprint density at radius 1 is 1.43 bits per heavy atom. The lowest BCUT2D eigenvalue weighted by Gasteiger charge is -2.10. The molecule has 0 saturated carbocycles. The molecule has 0 aliphatic carbocycles. The second-order valence-electron chi connectivity index (χ2n) is 4.91. The number of hydrogen-bond acceptors (Lipinski definition) is 4. The largest absolute Gasteiger partial charge is 0.481 e. The summed E-state index contributed by atoms with van der Waals surface area (Å²) in [5, 5.41) is 24.4. The van der Waals surface area contributed by atoms with Gasteiger partial charge in [-0.05, 0) is 18.9 Å². The number of carboxylic acid groups (broad SMARTS) is 1. The SMILES string of the molecule is Cc1ccc(CC(C(=O)O)c2nn(C)cc2[N+](=O)[O-])cc1. The molecule has 21 heavy (non-hydrogen) atoms. The number of carboxylic acids is 1. The van der Waals surface area contributed by atoms with Gasteiger partial charge < -0.3 is 5.11 Å². The molecule has 1 aromatic heterocycles. The lowest BCUT2D eigenvalue weighted by molar-refractivity contribution is -0.385. The number of aromatic nitrogens is 2. The van der Waals surface area contributed by atoms with Crippen LogP contribution in [0, 0.1) is 17.0 Å². The van der Waals surface area contributed by atoms with Crippen LogP contribution in [0.25, 0.3) is 0 Å². The minimum Gasteiger partial charge on any atom is -0.481 e. The van der Waals surface area contributed by atoms with Crippen LogP contribution in [0.2, 0.25) is 0 Å². The second kappa shape index (κ2) is 5.74. The van der Waals surface area contributed by atoms with Crippen LogP contribution in [0.15, 0.2) is 30.5 Å². The summed E-state index contributed by atoms with van der Waals surface area (Å²) in [4.78, 5) is 21.9. The van der Waals surface area contributed by atoms with Gasteiger partial charge in [-0.3, -0.25) is 19.6 Å². The van der Waals surface area contributed by atoms with Crippen molar-refractivity contribution in [1.29, 1.82) is 0 Å². The predicted octanol–water partition coefficient (Wildman–Crippen LogP) is 2.05. The van der Waals surface area contributed by atoms with Gasteiger partial charge in [-0.15, -0.1) is 0 Å². The Balaban J connectivity index is 2.38. The summed E-state index contributed by atoms with van der Waals surface area (Å²) in [5.41, 5.74) is 1.58. The van der Waals surface area contributed by atoms with Crippen LogP contribution in [0.5, 0.6) is 0 Å². The number of aliphatic carboxylic acids is 1. The summed E-state index contributed by atoms with van der Waals surface area (Å²) in [7, 11) is 1.53. The van der Waals surface area contributed by atoms with E-state index in [9.17, 15) is 20.0 Å². The third-order valence-electron chi connectivity index (χ3n) is 3.22. The highest BCUT2D eigenvalue weighted by Crippen LogP contribution is 2.28. The minimum absolute atomic E-state index is 0.0180. The first kappa shape index (κ1) is 14.7. The molecular weight excluding hydrogens is 274 g/mol. The Hall–Kier alpha value is -2.70. The van der Waals surface area contributed by atoms with Crippen molar-refractivity contribution in [1.82, 2.24) is 9.78 Å². The molecule has 0 spiro atoms. The van der Waals surface area contributed by atoms with E-state index in [1.165, 1.54) is 17.9 Å². The van der Waals surface area contributed by atoms with Crippen molar-refractivity contribution in [2.45, 2.75) is 19.3 Å². The number of hydrogen-bond donors (Lipinski definition) is 1. The van der Waals surface area contributed by atoms with Gasteiger partial charge in [0.2, 0.25) is 0 Å². The molecular formula is C14H15N3O4. The van der Waals surface area contributed by atoms with Gasteiger partial charge in [0.1, 0.15) is 12.1 Å². The maximum Gasteiger partial charge on any atom is 0.313 e. The van der Waals surface area contributed by atoms with Crippen molar-refractivity contribution >= 4 is 11.7 Å². The van der Waals surface area contributed by atoms with E-state index in [1.54, 1.807) is 0 Å². The van der Waals surface area contributed by atoms with Gasteiger partial charge in [0, 0.05) is 7.05 Å². The fourth-order valence-electron chi connectivity index (χ4n) is 2.14. The zero-order chi connectivity index (χ0) is 15.6. The Morgan fingerprint density at radius 3 is 2.57 bits per heavy atom. The Bertz CT molecular complexity index is 676. The zero-order valence-electron chi connectivity index (χ0n) is 11.7. The number of nitrogens with zero attached hydrogens (tertiary/aromatic N) is 3. The van der Waals surface area contributed by atoms with Crippen LogP contribution in [0.4, 0.5) is 5.69 Å². The molecule has 0 bridgehead atoms. The molecule has 1 N–H and O–H groups in total. The molecule has 110 valence electrons. The Labute approximate surface area is 121 Å². The summed E-state index contributed by atoms with van der Waals surface area (Å²) >= 11 is 0. The average molecular weight is 289 g/mol. The van der Waals surface area contributed by atoms with Crippen LogP contribution in [0.1, 0.15) is 22.7 Å². The predicted molar refractivity (Wildman–Crippen MR) is 75.1 cm³/mol. The van der Waals surface area contributed by atoms with E-state index < -0.39 is 16.8 Å². The standard InChI is InChI=1S/C14H15N3O4/c1-9-3-5-10(6-4-9)7-11(14(18)19)13-12(17(20)21)8-16(2)15-13/h3-6,8,11H,7H2,1-2H3,(H,18,19). The van der Waals surface area contributed by atoms with E-state index in [0.717, 1.165) is 11.1 Å². The second-order valence-corrected chi connectivity index (χ2v) is 4.91. The van der Waals surface area contributed by atoms with E-state index in [2.05, 4.69) is 5.10 Å².